The molecule has 40 heavy (non-hydrogen) atoms. The molecule has 0 aliphatic carbocycles. The van der Waals surface area contributed by atoms with Gasteiger partial charge in [-0.25, -0.2) is 9.18 Å². The van der Waals surface area contributed by atoms with Gasteiger partial charge >= 0.3 is 12.1 Å². The fraction of sp³-hybridized carbons (Fsp3) is 0.276. The lowest BCUT2D eigenvalue weighted by Crippen LogP contribution is -2.45. The summed E-state index contributed by atoms with van der Waals surface area (Å²) in [4.78, 5) is 36.4. The van der Waals surface area contributed by atoms with Crippen molar-refractivity contribution in [1.29, 1.82) is 0 Å². The Balaban J connectivity index is 1.28. The fourth-order valence-corrected chi connectivity index (χ4v) is 5.64. The molecular formula is C29H27ClFN5O4. The summed E-state index contributed by atoms with van der Waals surface area (Å²) in [6.07, 6.45) is 2.96. The Labute approximate surface area is 234 Å². The highest BCUT2D eigenvalue weighted by atomic mass is 35.5. The Kier molecular flexibility index (Phi) is 6.91. The number of aliphatic hydroxyl groups is 1. The number of carbonyl (C=O) groups excluding carboxylic acids is 2. The van der Waals surface area contributed by atoms with Crippen LogP contribution in [0.3, 0.4) is 0 Å². The molecule has 2 amide bonds. The van der Waals surface area contributed by atoms with Gasteiger partial charge in [-0.2, -0.15) is 4.98 Å². The molecule has 1 aromatic heterocycles. The van der Waals surface area contributed by atoms with Crippen LogP contribution >= 0.6 is 11.6 Å². The zero-order valence-corrected chi connectivity index (χ0v) is 22.2. The summed E-state index contributed by atoms with van der Waals surface area (Å²) >= 11 is 6.03. The molecule has 1 fully saturated rings. The third-order valence-electron chi connectivity index (χ3n) is 7.43. The number of halogens is 2. The molecule has 6 rings (SSSR count). The summed E-state index contributed by atoms with van der Waals surface area (Å²) in [5.74, 6) is -1.40. The van der Waals surface area contributed by atoms with Crippen molar-refractivity contribution in [2.75, 3.05) is 31.1 Å². The molecule has 4 aromatic rings. The molecule has 3 aromatic carbocycles. The van der Waals surface area contributed by atoms with Gasteiger partial charge in [0.2, 0.25) is 0 Å². The molecule has 3 heterocycles. The first-order chi connectivity index (χ1) is 19.4. The fourth-order valence-electron chi connectivity index (χ4n) is 5.47. The monoisotopic (exact) mass is 563 g/mol. The first kappa shape index (κ1) is 26.2. The zero-order chi connectivity index (χ0) is 27.9. The Morgan fingerprint density at radius 2 is 1.93 bits per heavy atom. The second-order valence-electron chi connectivity index (χ2n) is 9.92. The number of nitrogens with zero attached hydrogens (tertiary/aromatic N) is 3. The largest absolute Gasteiger partial charge is 0.415 e. The van der Waals surface area contributed by atoms with E-state index in [4.69, 9.17) is 16.3 Å². The van der Waals surface area contributed by atoms with Gasteiger partial charge in [0.25, 0.3) is 5.91 Å². The molecule has 206 valence electrons. The summed E-state index contributed by atoms with van der Waals surface area (Å²) in [6.45, 7) is 3.28. The average Bonchev–Trinajstić information content (AvgIpc) is 3.46. The third kappa shape index (κ3) is 4.57. The smallest absolute Gasteiger partial charge is 0.375 e. The van der Waals surface area contributed by atoms with Crippen molar-refractivity contribution in [2.24, 2.45) is 0 Å². The van der Waals surface area contributed by atoms with Crippen LogP contribution in [0.2, 0.25) is 5.02 Å². The quantitative estimate of drug-likeness (QED) is 0.311. The lowest BCUT2D eigenvalue weighted by molar-refractivity contribution is 0.0699. The summed E-state index contributed by atoms with van der Waals surface area (Å²) in [5.41, 5.74) is -0.482. The minimum Gasteiger partial charge on any atom is -0.375 e. The van der Waals surface area contributed by atoms with Crippen LogP contribution in [0.5, 0.6) is 6.01 Å². The van der Waals surface area contributed by atoms with Crippen LogP contribution in [0.1, 0.15) is 40.7 Å². The van der Waals surface area contributed by atoms with E-state index in [0.29, 0.717) is 23.1 Å². The van der Waals surface area contributed by atoms with E-state index in [1.807, 2.05) is 0 Å². The number of piperidine rings is 1. The first-order valence-electron chi connectivity index (χ1n) is 13.1. The van der Waals surface area contributed by atoms with Gasteiger partial charge in [-0.3, -0.25) is 9.69 Å². The predicted molar refractivity (Wildman–Crippen MR) is 148 cm³/mol. The van der Waals surface area contributed by atoms with E-state index in [0.717, 1.165) is 24.5 Å². The van der Waals surface area contributed by atoms with Gasteiger partial charge in [0, 0.05) is 29.8 Å². The maximum atomic E-state index is 15.2. The van der Waals surface area contributed by atoms with Crippen LogP contribution in [0, 0.1) is 5.82 Å². The normalized spacial score (nSPS) is 19.2. The Bertz CT molecular complexity index is 1600. The van der Waals surface area contributed by atoms with Gasteiger partial charge in [-0.15, -0.1) is 0 Å². The molecule has 0 saturated carbocycles. The highest BCUT2D eigenvalue weighted by molar-refractivity contribution is 6.31. The molecule has 11 heteroatoms. The molecule has 1 unspecified atom stereocenters. The number of fused-ring (bicyclic) bond motifs is 2. The van der Waals surface area contributed by atoms with Gasteiger partial charge in [-0.05, 0) is 56.3 Å². The van der Waals surface area contributed by atoms with Crippen molar-refractivity contribution in [1.82, 2.24) is 20.2 Å². The van der Waals surface area contributed by atoms with Crippen LogP contribution in [0.15, 0.2) is 60.7 Å². The van der Waals surface area contributed by atoms with Crippen molar-refractivity contribution < 1.29 is 23.8 Å². The lowest BCUT2D eigenvalue weighted by Gasteiger charge is -2.35. The van der Waals surface area contributed by atoms with Crippen molar-refractivity contribution in [2.45, 2.75) is 25.0 Å². The molecule has 0 spiro atoms. The zero-order valence-electron chi connectivity index (χ0n) is 21.5. The number of anilines is 1. The number of aromatic nitrogens is 2. The second-order valence-corrected chi connectivity index (χ2v) is 10.3. The van der Waals surface area contributed by atoms with Crippen LogP contribution in [-0.2, 0) is 5.72 Å². The Morgan fingerprint density at radius 1 is 1.12 bits per heavy atom. The van der Waals surface area contributed by atoms with Crippen LogP contribution < -0.4 is 15.0 Å². The van der Waals surface area contributed by atoms with Crippen LogP contribution in [0.4, 0.5) is 14.9 Å². The minimum absolute atomic E-state index is 0.0183. The molecule has 0 bridgehead atoms. The molecular weight excluding hydrogens is 537 g/mol. The number of carbonyl (C=O) groups is 2. The summed E-state index contributed by atoms with van der Waals surface area (Å²) in [5, 5.41) is 14.8. The van der Waals surface area contributed by atoms with Crippen molar-refractivity contribution in [3.8, 4) is 6.01 Å². The molecule has 2 aliphatic heterocycles. The number of ether oxygens (including phenoxy) is 1. The van der Waals surface area contributed by atoms with E-state index in [2.05, 4.69) is 20.2 Å². The number of imidazole rings is 1. The molecule has 2 aliphatic rings. The third-order valence-corrected chi connectivity index (χ3v) is 7.72. The number of amides is 2. The van der Waals surface area contributed by atoms with E-state index >= 15 is 4.39 Å². The molecule has 1 atom stereocenters. The number of hydrogen-bond donors (Lipinski definition) is 3. The number of benzene rings is 3. The van der Waals surface area contributed by atoms with E-state index in [9.17, 15) is 14.7 Å². The van der Waals surface area contributed by atoms with Crippen LogP contribution in [0.25, 0.3) is 11.0 Å². The Hall–Kier alpha value is -3.99. The highest BCUT2D eigenvalue weighted by Gasteiger charge is 2.51. The summed E-state index contributed by atoms with van der Waals surface area (Å²) in [6, 6.07) is 15.6. The van der Waals surface area contributed by atoms with E-state index in [1.165, 1.54) is 37.5 Å². The summed E-state index contributed by atoms with van der Waals surface area (Å²) in [7, 11) is 0. The van der Waals surface area contributed by atoms with Crippen molar-refractivity contribution >= 4 is 40.3 Å². The van der Waals surface area contributed by atoms with Crippen molar-refractivity contribution in [3.05, 3.63) is 88.2 Å². The second kappa shape index (κ2) is 10.5. The number of aromatic amines is 1. The lowest BCUT2D eigenvalue weighted by atomic mass is 9.93. The maximum Gasteiger partial charge on any atom is 0.415 e. The van der Waals surface area contributed by atoms with Crippen LogP contribution in [-0.4, -0.2) is 58.2 Å². The number of rotatable bonds is 6. The standard InChI is InChI=1S/C29H27ClFN5O4/c30-21-9-6-10-24(25(21)31)36-26(37)19-7-2-3-8-20(19)29(36,39)18-11-12-22-23(17-18)34-27(33-22)40-28(38)32-13-16-35-14-4-1-5-15-35/h2-3,6-12,17,39H,1,4-5,13-16H2,(H,32,38)(H,33,34). The summed E-state index contributed by atoms with van der Waals surface area (Å²) < 4.78 is 20.5. The molecule has 1 saturated heterocycles. The molecule has 0 radical (unpaired) electrons. The average molecular weight is 564 g/mol. The minimum atomic E-state index is -2.05. The number of nitrogens with one attached hydrogen (secondary N) is 2. The first-order valence-corrected chi connectivity index (χ1v) is 13.5. The van der Waals surface area contributed by atoms with Gasteiger partial charge < -0.3 is 25.0 Å². The van der Waals surface area contributed by atoms with Gasteiger partial charge in [0.1, 0.15) is 0 Å². The Morgan fingerprint density at radius 3 is 2.75 bits per heavy atom. The topological polar surface area (TPSA) is 111 Å². The number of likely N-dealkylation sites (tertiary alicyclic amines) is 1. The molecule has 3 N–H and O–H groups in total. The SMILES string of the molecule is O=C(NCCN1CCCCC1)Oc1nc2ccc(C3(O)c4ccccc4C(=O)N3c3cccc(Cl)c3F)cc2[nH]1. The van der Waals surface area contributed by atoms with E-state index in [-0.39, 0.29) is 27.8 Å². The molecule has 9 nitrogen and oxygen atoms in total. The highest BCUT2D eigenvalue weighted by Crippen LogP contribution is 2.46. The van der Waals surface area contributed by atoms with E-state index in [1.54, 1.807) is 42.5 Å². The number of hydrogen-bond acceptors (Lipinski definition) is 6. The van der Waals surface area contributed by atoms with Gasteiger partial charge in [0.15, 0.2) is 11.5 Å². The number of H-pyrrole nitrogens is 1. The maximum absolute atomic E-state index is 15.2. The van der Waals surface area contributed by atoms with E-state index < -0.39 is 23.5 Å². The van der Waals surface area contributed by atoms with Gasteiger partial charge in [0.05, 0.1) is 21.7 Å². The predicted octanol–water partition coefficient (Wildman–Crippen LogP) is 4.78. The van der Waals surface area contributed by atoms with Gasteiger partial charge in [-0.1, -0.05) is 48.4 Å². The van der Waals surface area contributed by atoms with Crippen molar-refractivity contribution in [3.63, 3.8) is 0 Å².